The molecule has 5 heteroatoms. The number of rotatable bonds is 12. The highest BCUT2D eigenvalue weighted by atomic mass is 19.1. The second kappa shape index (κ2) is 11.5. The Morgan fingerprint density at radius 3 is 2.61 bits per heavy atom. The van der Waals surface area contributed by atoms with Gasteiger partial charge in [0, 0.05) is 45.5 Å². The number of halogens is 1. The number of benzene rings is 1. The number of hydrogen-bond donors (Lipinski definition) is 1. The van der Waals surface area contributed by atoms with Gasteiger partial charge in [0.1, 0.15) is 5.82 Å². The molecule has 4 nitrogen and oxygen atoms in total. The molecule has 0 aliphatic heterocycles. The molecule has 0 aromatic heterocycles. The van der Waals surface area contributed by atoms with Gasteiger partial charge in [-0.15, -0.1) is 0 Å². The highest BCUT2D eigenvalue weighted by molar-refractivity contribution is 5.17. The molecule has 0 fully saturated rings. The fourth-order valence-electron chi connectivity index (χ4n) is 2.33. The van der Waals surface area contributed by atoms with Crippen LogP contribution in [-0.4, -0.2) is 56.1 Å². The van der Waals surface area contributed by atoms with Crippen LogP contribution in [0.3, 0.4) is 0 Å². The number of methoxy groups -OCH3 is 1. The van der Waals surface area contributed by atoms with Gasteiger partial charge < -0.3 is 14.6 Å². The maximum absolute atomic E-state index is 13.8. The first-order valence-electron chi connectivity index (χ1n) is 8.23. The largest absolute Gasteiger partial charge is 0.389 e. The molecule has 1 atom stereocenters. The highest BCUT2D eigenvalue weighted by Crippen LogP contribution is 2.11. The zero-order chi connectivity index (χ0) is 17.1. The molecule has 1 aromatic carbocycles. The molecule has 0 amide bonds. The van der Waals surface area contributed by atoms with Gasteiger partial charge in [-0.1, -0.05) is 32.0 Å². The number of hydrogen-bond acceptors (Lipinski definition) is 4. The van der Waals surface area contributed by atoms with Gasteiger partial charge in [-0.05, 0) is 18.4 Å². The number of aliphatic hydroxyl groups is 1. The Balaban J connectivity index is 2.52. The number of aliphatic hydroxyl groups excluding tert-OH is 1. The minimum absolute atomic E-state index is 0.213. The van der Waals surface area contributed by atoms with Crippen LogP contribution in [0.1, 0.15) is 25.8 Å². The van der Waals surface area contributed by atoms with Crippen molar-refractivity contribution >= 4 is 0 Å². The normalized spacial score (nSPS) is 13.0. The van der Waals surface area contributed by atoms with E-state index < -0.39 is 6.10 Å². The summed E-state index contributed by atoms with van der Waals surface area (Å²) in [6.07, 6.45) is 0.257. The van der Waals surface area contributed by atoms with Gasteiger partial charge in [0.15, 0.2) is 0 Å². The molecule has 0 saturated carbocycles. The molecule has 1 aromatic rings. The van der Waals surface area contributed by atoms with E-state index in [9.17, 15) is 9.50 Å². The van der Waals surface area contributed by atoms with E-state index in [4.69, 9.17) is 9.47 Å². The van der Waals surface area contributed by atoms with Crippen molar-refractivity contribution in [3.63, 3.8) is 0 Å². The Morgan fingerprint density at radius 2 is 1.96 bits per heavy atom. The summed E-state index contributed by atoms with van der Waals surface area (Å²) >= 11 is 0. The second-order valence-corrected chi connectivity index (χ2v) is 6.26. The second-order valence-electron chi connectivity index (χ2n) is 6.26. The highest BCUT2D eigenvalue weighted by Gasteiger charge is 2.14. The third kappa shape index (κ3) is 9.01. The topological polar surface area (TPSA) is 41.9 Å². The Labute approximate surface area is 139 Å². The van der Waals surface area contributed by atoms with E-state index in [-0.39, 0.29) is 5.82 Å². The summed E-state index contributed by atoms with van der Waals surface area (Å²) in [6.45, 7) is 7.39. The fraction of sp³-hybridized carbons (Fsp3) is 0.667. The van der Waals surface area contributed by atoms with Crippen LogP contribution in [0.15, 0.2) is 24.3 Å². The number of ether oxygens (including phenoxy) is 2. The Hall–Kier alpha value is -1.01. The first-order chi connectivity index (χ1) is 11.0. The lowest BCUT2D eigenvalue weighted by atomic mass is 10.2. The van der Waals surface area contributed by atoms with Crippen molar-refractivity contribution in [1.82, 2.24) is 4.90 Å². The van der Waals surface area contributed by atoms with Crippen molar-refractivity contribution < 1.29 is 19.0 Å². The first kappa shape index (κ1) is 20.0. The SMILES string of the molecule is COCCCN(Cc1ccccc1F)C[C@@H](O)COCC(C)C. The van der Waals surface area contributed by atoms with E-state index in [0.717, 1.165) is 13.0 Å². The molecule has 0 spiro atoms. The van der Waals surface area contributed by atoms with Gasteiger partial charge in [-0.3, -0.25) is 4.90 Å². The summed E-state index contributed by atoms with van der Waals surface area (Å²) in [4.78, 5) is 2.04. The van der Waals surface area contributed by atoms with Crippen LogP contribution in [0.25, 0.3) is 0 Å². The monoisotopic (exact) mass is 327 g/mol. The molecule has 1 N–H and O–H groups in total. The minimum Gasteiger partial charge on any atom is -0.389 e. The minimum atomic E-state index is -0.580. The Morgan fingerprint density at radius 1 is 1.22 bits per heavy atom. The van der Waals surface area contributed by atoms with E-state index in [1.807, 2.05) is 11.0 Å². The average molecular weight is 327 g/mol. The molecule has 0 bridgehead atoms. The van der Waals surface area contributed by atoms with Crippen molar-refractivity contribution in [2.24, 2.45) is 5.92 Å². The molecule has 23 heavy (non-hydrogen) atoms. The summed E-state index contributed by atoms with van der Waals surface area (Å²) in [5.74, 6) is 0.230. The Bertz CT molecular complexity index is 428. The molecular formula is C18H30FNO3. The third-order valence-corrected chi connectivity index (χ3v) is 3.40. The van der Waals surface area contributed by atoms with Crippen molar-refractivity contribution in [3.05, 3.63) is 35.6 Å². The molecule has 132 valence electrons. The summed E-state index contributed by atoms with van der Waals surface area (Å²) in [6, 6.07) is 6.75. The predicted molar refractivity (Wildman–Crippen MR) is 89.8 cm³/mol. The molecule has 0 aliphatic rings. The van der Waals surface area contributed by atoms with Crippen molar-refractivity contribution in [3.8, 4) is 0 Å². The molecule has 0 radical (unpaired) electrons. The van der Waals surface area contributed by atoms with Gasteiger partial charge in [0.25, 0.3) is 0 Å². The van der Waals surface area contributed by atoms with E-state index in [1.54, 1.807) is 19.2 Å². The summed E-state index contributed by atoms with van der Waals surface area (Å²) < 4.78 is 24.4. The van der Waals surface area contributed by atoms with Crippen LogP contribution in [0, 0.1) is 11.7 Å². The zero-order valence-corrected chi connectivity index (χ0v) is 14.5. The quantitative estimate of drug-likeness (QED) is 0.599. The lowest BCUT2D eigenvalue weighted by Gasteiger charge is -2.25. The molecular weight excluding hydrogens is 297 g/mol. The van der Waals surface area contributed by atoms with Gasteiger partial charge in [-0.25, -0.2) is 4.39 Å². The maximum atomic E-state index is 13.8. The van der Waals surface area contributed by atoms with Crippen LogP contribution < -0.4 is 0 Å². The zero-order valence-electron chi connectivity index (χ0n) is 14.5. The first-order valence-corrected chi connectivity index (χ1v) is 8.23. The van der Waals surface area contributed by atoms with Crippen LogP contribution in [0.4, 0.5) is 4.39 Å². The predicted octanol–water partition coefficient (Wildman–Crippen LogP) is 2.70. The fourth-order valence-corrected chi connectivity index (χ4v) is 2.33. The summed E-state index contributed by atoms with van der Waals surface area (Å²) in [5, 5.41) is 10.1. The van der Waals surface area contributed by atoms with Gasteiger partial charge in [-0.2, -0.15) is 0 Å². The molecule has 0 unspecified atom stereocenters. The van der Waals surface area contributed by atoms with E-state index in [2.05, 4.69) is 13.8 Å². The van der Waals surface area contributed by atoms with Gasteiger partial charge >= 0.3 is 0 Å². The lowest BCUT2D eigenvalue weighted by molar-refractivity contribution is 0.00566. The van der Waals surface area contributed by atoms with Gasteiger partial charge in [0.05, 0.1) is 12.7 Å². The molecule has 0 aliphatic carbocycles. The van der Waals surface area contributed by atoms with Crippen LogP contribution in [0.2, 0.25) is 0 Å². The lowest BCUT2D eigenvalue weighted by Crippen LogP contribution is -2.36. The van der Waals surface area contributed by atoms with Crippen molar-refractivity contribution in [2.45, 2.75) is 32.9 Å². The smallest absolute Gasteiger partial charge is 0.127 e. The van der Waals surface area contributed by atoms with E-state index in [0.29, 0.717) is 44.4 Å². The van der Waals surface area contributed by atoms with Crippen molar-refractivity contribution in [1.29, 1.82) is 0 Å². The third-order valence-electron chi connectivity index (χ3n) is 3.40. The average Bonchev–Trinajstić information content (AvgIpc) is 2.49. The summed E-state index contributed by atoms with van der Waals surface area (Å²) in [5.41, 5.74) is 0.639. The van der Waals surface area contributed by atoms with Gasteiger partial charge in [0.2, 0.25) is 0 Å². The standard InChI is InChI=1S/C18H30FNO3/c1-15(2)13-23-14-17(21)12-20(9-6-10-22-3)11-16-7-4-5-8-18(16)19/h4-5,7-8,15,17,21H,6,9-14H2,1-3H3/t17-/m1/s1. The molecule has 0 heterocycles. The van der Waals surface area contributed by atoms with Crippen LogP contribution in [0.5, 0.6) is 0 Å². The van der Waals surface area contributed by atoms with Crippen LogP contribution in [-0.2, 0) is 16.0 Å². The van der Waals surface area contributed by atoms with E-state index >= 15 is 0 Å². The number of nitrogens with zero attached hydrogens (tertiary/aromatic N) is 1. The molecule has 1 rings (SSSR count). The van der Waals surface area contributed by atoms with Crippen LogP contribution >= 0.6 is 0 Å². The molecule has 0 saturated heterocycles. The van der Waals surface area contributed by atoms with E-state index in [1.165, 1.54) is 6.07 Å². The van der Waals surface area contributed by atoms with Crippen molar-refractivity contribution in [2.75, 3.05) is 40.0 Å². The summed E-state index contributed by atoms with van der Waals surface area (Å²) in [7, 11) is 1.66. The Kier molecular flexibility index (Phi) is 10.0. The maximum Gasteiger partial charge on any atom is 0.127 e.